The average molecular weight is 392 g/mol. The molecule has 0 atom stereocenters. The normalized spacial score (nSPS) is 17.0. The Bertz CT molecular complexity index is 1010. The molecule has 3 amide bonds. The van der Waals surface area contributed by atoms with Crippen LogP contribution in [0.2, 0.25) is 0 Å². The second-order valence-electron chi connectivity index (χ2n) is 7.95. The van der Waals surface area contributed by atoms with Crippen molar-refractivity contribution in [2.75, 3.05) is 6.54 Å². The lowest BCUT2D eigenvalue weighted by Gasteiger charge is -2.42. The van der Waals surface area contributed by atoms with E-state index >= 15 is 0 Å². The Morgan fingerprint density at radius 1 is 1.34 bits per heavy atom. The van der Waals surface area contributed by atoms with Crippen molar-refractivity contribution in [1.82, 2.24) is 20.0 Å². The van der Waals surface area contributed by atoms with Gasteiger partial charge in [-0.2, -0.15) is 10.4 Å². The van der Waals surface area contributed by atoms with Crippen LogP contribution in [0, 0.1) is 18.3 Å². The number of hydrogen-bond donors (Lipinski definition) is 2. The highest BCUT2D eigenvalue weighted by Gasteiger charge is 2.40. The smallest absolute Gasteiger partial charge is 0.318 e. The van der Waals surface area contributed by atoms with Gasteiger partial charge in [-0.25, -0.2) is 4.79 Å². The number of aromatic nitrogens is 2. The number of fused-ring (bicyclic) bond motifs is 1. The fourth-order valence-electron chi connectivity index (χ4n) is 4.15. The first-order chi connectivity index (χ1) is 13.9. The summed E-state index contributed by atoms with van der Waals surface area (Å²) in [6, 6.07) is 9.73. The summed E-state index contributed by atoms with van der Waals surface area (Å²) < 4.78 is 1.77. The second kappa shape index (κ2) is 7.24. The molecular formula is C21H24N6O2. The van der Waals surface area contributed by atoms with Crippen LogP contribution in [0.3, 0.4) is 0 Å². The van der Waals surface area contributed by atoms with Crippen molar-refractivity contribution in [2.24, 2.45) is 5.73 Å². The number of nitrogens with one attached hydrogen (secondary N) is 1. The van der Waals surface area contributed by atoms with Crippen LogP contribution in [0.5, 0.6) is 0 Å². The van der Waals surface area contributed by atoms with E-state index in [4.69, 9.17) is 11.0 Å². The number of primary amides is 1. The molecule has 8 heteroatoms. The van der Waals surface area contributed by atoms with Gasteiger partial charge in [0.1, 0.15) is 5.69 Å². The van der Waals surface area contributed by atoms with E-state index in [0.29, 0.717) is 36.5 Å². The molecule has 0 bridgehead atoms. The van der Waals surface area contributed by atoms with E-state index < -0.39 is 11.4 Å². The van der Waals surface area contributed by atoms with E-state index in [2.05, 4.69) is 16.5 Å². The fraction of sp³-hybridized carbons (Fsp3) is 0.429. The Kier molecular flexibility index (Phi) is 4.74. The standard InChI is InChI=1S/C21H24N6O2/c1-14-4-2-5-15(12-14)18-17(19(23)28)16-13-26(10-11-27(16)25-18)20(29)24-21(8-9-22)6-3-7-21/h2,4-5,12H,3,6-8,10-11,13H2,1H3,(H2,23,28)(H,24,29). The third-order valence-corrected chi connectivity index (χ3v) is 5.91. The summed E-state index contributed by atoms with van der Waals surface area (Å²) in [6.07, 6.45) is 2.97. The molecule has 1 aliphatic carbocycles. The van der Waals surface area contributed by atoms with Gasteiger partial charge in [-0.15, -0.1) is 0 Å². The highest BCUT2D eigenvalue weighted by atomic mass is 16.2. The topological polar surface area (TPSA) is 117 Å². The molecule has 0 spiro atoms. The zero-order valence-corrected chi connectivity index (χ0v) is 16.4. The average Bonchev–Trinajstić information content (AvgIpc) is 3.05. The number of amides is 3. The summed E-state index contributed by atoms with van der Waals surface area (Å²) in [5.74, 6) is -0.551. The maximum absolute atomic E-state index is 12.9. The monoisotopic (exact) mass is 392 g/mol. The number of rotatable bonds is 4. The molecule has 1 saturated carbocycles. The predicted molar refractivity (Wildman–Crippen MR) is 107 cm³/mol. The number of nitriles is 1. The molecule has 8 nitrogen and oxygen atoms in total. The van der Waals surface area contributed by atoms with Crippen molar-refractivity contribution in [3.63, 3.8) is 0 Å². The molecule has 3 N–H and O–H groups in total. The molecule has 2 aliphatic rings. The van der Waals surface area contributed by atoms with Gasteiger partial charge < -0.3 is 16.0 Å². The van der Waals surface area contributed by atoms with Crippen LogP contribution in [0.15, 0.2) is 24.3 Å². The van der Waals surface area contributed by atoms with E-state index in [1.54, 1.807) is 9.58 Å². The lowest BCUT2D eigenvalue weighted by Crippen LogP contribution is -2.57. The molecule has 0 unspecified atom stereocenters. The van der Waals surface area contributed by atoms with Crippen LogP contribution in [-0.2, 0) is 13.1 Å². The predicted octanol–water partition coefficient (Wildman–Crippen LogP) is 2.32. The van der Waals surface area contributed by atoms with Gasteiger partial charge in [0.15, 0.2) is 0 Å². The minimum absolute atomic E-state index is 0.208. The van der Waals surface area contributed by atoms with E-state index in [-0.39, 0.29) is 12.6 Å². The molecule has 4 rings (SSSR count). The number of urea groups is 1. The Balaban J connectivity index is 1.61. The number of benzene rings is 1. The van der Waals surface area contributed by atoms with Crippen LogP contribution in [0.1, 0.15) is 47.3 Å². The summed E-state index contributed by atoms with van der Waals surface area (Å²) in [6.45, 7) is 3.20. The number of hydrogen-bond acceptors (Lipinski definition) is 4. The molecule has 2 aromatic rings. The Hall–Kier alpha value is -3.34. The van der Waals surface area contributed by atoms with Crippen molar-refractivity contribution in [3.8, 4) is 17.3 Å². The Morgan fingerprint density at radius 3 is 2.76 bits per heavy atom. The van der Waals surface area contributed by atoms with Crippen LogP contribution in [0.4, 0.5) is 4.79 Å². The molecule has 0 radical (unpaired) electrons. The first kappa shape index (κ1) is 19.0. The van der Waals surface area contributed by atoms with Gasteiger partial charge in [0.05, 0.1) is 42.4 Å². The van der Waals surface area contributed by atoms with E-state index in [0.717, 1.165) is 30.4 Å². The first-order valence-corrected chi connectivity index (χ1v) is 9.83. The van der Waals surface area contributed by atoms with Crippen LogP contribution < -0.4 is 11.1 Å². The highest BCUT2D eigenvalue weighted by molar-refractivity contribution is 6.00. The van der Waals surface area contributed by atoms with E-state index in [9.17, 15) is 9.59 Å². The first-order valence-electron chi connectivity index (χ1n) is 9.83. The van der Waals surface area contributed by atoms with Crippen LogP contribution in [-0.4, -0.2) is 38.7 Å². The molecule has 2 heterocycles. The Labute approximate surface area is 169 Å². The number of aryl methyl sites for hydroxylation is 1. The summed E-state index contributed by atoms with van der Waals surface area (Å²) in [4.78, 5) is 26.8. The maximum atomic E-state index is 12.9. The number of carbonyl (C=O) groups excluding carboxylic acids is 2. The second-order valence-corrected chi connectivity index (χ2v) is 7.95. The van der Waals surface area contributed by atoms with Gasteiger partial charge in [-0.3, -0.25) is 9.48 Å². The fourth-order valence-corrected chi connectivity index (χ4v) is 4.15. The lowest BCUT2D eigenvalue weighted by atomic mass is 9.75. The van der Waals surface area contributed by atoms with Gasteiger partial charge >= 0.3 is 6.03 Å². The van der Waals surface area contributed by atoms with Crippen LogP contribution >= 0.6 is 0 Å². The Morgan fingerprint density at radius 2 is 2.14 bits per heavy atom. The van der Waals surface area contributed by atoms with Gasteiger partial charge in [-0.1, -0.05) is 23.8 Å². The summed E-state index contributed by atoms with van der Waals surface area (Å²) >= 11 is 0. The van der Waals surface area contributed by atoms with Crippen molar-refractivity contribution in [1.29, 1.82) is 5.26 Å². The van der Waals surface area contributed by atoms with Gasteiger partial charge in [0, 0.05) is 12.1 Å². The maximum Gasteiger partial charge on any atom is 0.318 e. The quantitative estimate of drug-likeness (QED) is 0.830. The van der Waals surface area contributed by atoms with E-state index in [1.165, 1.54) is 0 Å². The molecule has 29 heavy (non-hydrogen) atoms. The number of carbonyl (C=O) groups is 2. The van der Waals surface area contributed by atoms with Crippen molar-refractivity contribution < 1.29 is 9.59 Å². The zero-order chi connectivity index (χ0) is 20.6. The minimum atomic E-state index is -0.551. The lowest BCUT2D eigenvalue weighted by molar-refractivity contribution is 0.0996. The summed E-state index contributed by atoms with van der Waals surface area (Å²) in [5.41, 5.74) is 8.76. The molecule has 1 aliphatic heterocycles. The molecule has 1 fully saturated rings. The van der Waals surface area contributed by atoms with Crippen LogP contribution in [0.25, 0.3) is 11.3 Å². The summed E-state index contributed by atoms with van der Waals surface area (Å²) in [5, 5.41) is 16.7. The number of nitrogens with two attached hydrogens (primary N) is 1. The van der Waals surface area contributed by atoms with E-state index in [1.807, 2.05) is 31.2 Å². The van der Waals surface area contributed by atoms with Crippen molar-refractivity contribution in [3.05, 3.63) is 41.1 Å². The molecule has 1 aromatic heterocycles. The third kappa shape index (κ3) is 3.44. The number of nitrogens with zero attached hydrogens (tertiary/aromatic N) is 4. The van der Waals surface area contributed by atoms with Crippen molar-refractivity contribution in [2.45, 2.75) is 51.2 Å². The van der Waals surface area contributed by atoms with Gasteiger partial charge in [-0.05, 0) is 32.3 Å². The highest BCUT2D eigenvalue weighted by Crippen LogP contribution is 2.35. The van der Waals surface area contributed by atoms with Gasteiger partial charge in [0.25, 0.3) is 5.91 Å². The van der Waals surface area contributed by atoms with Gasteiger partial charge in [0.2, 0.25) is 0 Å². The zero-order valence-electron chi connectivity index (χ0n) is 16.4. The SMILES string of the molecule is Cc1cccc(-c2nn3c(c2C(N)=O)CN(C(=O)NC2(CC#N)CCC2)CC3)c1. The largest absolute Gasteiger partial charge is 0.365 e. The minimum Gasteiger partial charge on any atom is -0.365 e. The summed E-state index contributed by atoms with van der Waals surface area (Å²) in [7, 11) is 0. The molecular weight excluding hydrogens is 368 g/mol. The molecule has 0 saturated heterocycles. The third-order valence-electron chi connectivity index (χ3n) is 5.91. The van der Waals surface area contributed by atoms with Crippen molar-refractivity contribution >= 4 is 11.9 Å². The molecule has 150 valence electrons. The molecule has 1 aromatic carbocycles.